The van der Waals surface area contributed by atoms with Crippen LogP contribution in [0.4, 0.5) is 0 Å². The van der Waals surface area contributed by atoms with E-state index in [1.807, 2.05) is 0 Å². The topological polar surface area (TPSA) is 111 Å². The van der Waals surface area contributed by atoms with Crippen LogP contribution in [0.2, 0.25) is 0 Å². The van der Waals surface area contributed by atoms with Crippen LogP contribution < -0.4 is 10.6 Å². The quantitative estimate of drug-likeness (QED) is 0.333. The van der Waals surface area contributed by atoms with E-state index < -0.39 is 11.9 Å². The minimum atomic E-state index is -0.709. The SMILES string of the molecule is CC(C)C(=O)NCCOC(=O)/C=C/C(=O)OCCNC(=O)C(C)C. The van der Waals surface area contributed by atoms with Crippen LogP contribution in [0, 0.1) is 11.8 Å². The van der Waals surface area contributed by atoms with Gasteiger partial charge in [0.2, 0.25) is 11.8 Å². The van der Waals surface area contributed by atoms with Gasteiger partial charge in [0.15, 0.2) is 0 Å². The number of nitrogens with one attached hydrogen (secondary N) is 2. The zero-order chi connectivity index (χ0) is 18.5. The van der Waals surface area contributed by atoms with Crippen LogP contribution in [-0.4, -0.2) is 50.1 Å². The molecule has 0 bridgehead atoms. The summed E-state index contributed by atoms with van der Waals surface area (Å²) in [6.07, 6.45) is 1.89. The molecule has 0 aliphatic carbocycles. The number of hydrogen-bond donors (Lipinski definition) is 2. The molecule has 8 nitrogen and oxygen atoms in total. The van der Waals surface area contributed by atoms with E-state index in [0.29, 0.717) is 0 Å². The minimum absolute atomic E-state index is 0.0118. The minimum Gasteiger partial charge on any atom is -0.461 e. The van der Waals surface area contributed by atoms with Crippen LogP contribution in [0.15, 0.2) is 12.2 Å². The van der Waals surface area contributed by atoms with Gasteiger partial charge in [0, 0.05) is 24.0 Å². The zero-order valence-corrected chi connectivity index (χ0v) is 14.6. The van der Waals surface area contributed by atoms with E-state index in [1.54, 1.807) is 27.7 Å². The Bertz CT molecular complexity index is 429. The maximum atomic E-state index is 11.3. The maximum Gasteiger partial charge on any atom is 0.331 e. The van der Waals surface area contributed by atoms with Crippen LogP contribution in [0.1, 0.15) is 27.7 Å². The number of ether oxygens (including phenoxy) is 2. The molecule has 0 heterocycles. The highest BCUT2D eigenvalue weighted by molar-refractivity contribution is 5.91. The molecule has 0 aromatic rings. The molecule has 24 heavy (non-hydrogen) atoms. The van der Waals surface area contributed by atoms with E-state index in [-0.39, 0.29) is 50.0 Å². The Morgan fingerprint density at radius 1 is 0.750 bits per heavy atom. The van der Waals surface area contributed by atoms with Gasteiger partial charge in [0.05, 0.1) is 13.1 Å². The van der Waals surface area contributed by atoms with Crippen LogP contribution in [0.5, 0.6) is 0 Å². The summed E-state index contributed by atoms with van der Waals surface area (Å²) in [6.45, 7) is 7.45. The molecule has 0 spiro atoms. The fourth-order valence-electron chi connectivity index (χ4n) is 1.29. The summed E-state index contributed by atoms with van der Waals surface area (Å²) in [5.74, 6) is -1.96. The Balaban J connectivity index is 3.79. The Morgan fingerprint density at radius 3 is 1.38 bits per heavy atom. The fourth-order valence-corrected chi connectivity index (χ4v) is 1.29. The average molecular weight is 342 g/mol. The first-order valence-corrected chi connectivity index (χ1v) is 7.81. The second-order valence-electron chi connectivity index (χ2n) is 5.56. The van der Waals surface area contributed by atoms with Gasteiger partial charge in [0.25, 0.3) is 0 Å². The Morgan fingerprint density at radius 2 is 1.08 bits per heavy atom. The lowest BCUT2D eigenvalue weighted by Gasteiger charge is -2.07. The first-order valence-electron chi connectivity index (χ1n) is 7.81. The van der Waals surface area contributed by atoms with Gasteiger partial charge in [-0.15, -0.1) is 0 Å². The molecule has 136 valence electrons. The van der Waals surface area contributed by atoms with Gasteiger partial charge in [-0.05, 0) is 0 Å². The number of carbonyl (C=O) groups is 4. The molecular formula is C16H26N2O6. The Labute approximate surface area is 141 Å². The van der Waals surface area contributed by atoms with E-state index >= 15 is 0 Å². The molecule has 0 aromatic carbocycles. The second-order valence-corrected chi connectivity index (χ2v) is 5.56. The zero-order valence-electron chi connectivity index (χ0n) is 14.6. The third-order valence-electron chi connectivity index (χ3n) is 2.70. The van der Waals surface area contributed by atoms with Crippen molar-refractivity contribution in [2.24, 2.45) is 11.8 Å². The van der Waals surface area contributed by atoms with E-state index in [2.05, 4.69) is 10.6 Å². The van der Waals surface area contributed by atoms with Crippen molar-refractivity contribution in [2.75, 3.05) is 26.3 Å². The molecule has 0 aromatic heterocycles. The molecule has 0 saturated heterocycles. The van der Waals surface area contributed by atoms with E-state index in [9.17, 15) is 19.2 Å². The van der Waals surface area contributed by atoms with Crippen molar-refractivity contribution in [2.45, 2.75) is 27.7 Å². The summed E-state index contributed by atoms with van der Waals surface area (Å²) in [4.78, 5) is 45.2. The normalized spacial score (nSPS) is 10.8. The lowest BCUT2D eigenvalue weighted by atomic mass is 10.2. The molecule has 2 N–H and O–H groups in total. The molecule has 0 radical (unpaired) electrons. The number of hydrogen-bond acceptors (Lipinski definition) is 6. The van der Waals surface area contributed by atoms with Gasteiger partial charge in [0.1, 0.15) is 13.2 Å². The van der Waals surface area contributed by atoms with E-state index in [0.717, 1.165) is 12.2 Å². The number of esters is 2. The van der Waals surface area contributed by atoms with E-state index in [4.69, 9.17) is 9.47 Å². The third-order valence-corrected chi connectivity index (χ3v) is 2.70. The summed E-state index contributed by atoms with van der Waals surface area (Å²) >= 11 is 0. The number of amides is 2. The second kappa shape index (κ2) is 12.1. The van der Waals surface area contributed by atoms with Crippen molar-refractivity contribution in [1.82, 2.24) is 10.6 Å². The monoisotopic (exact) mass is 342 g/mol. The molecule has 0 atom stereocenters. The number of rotatable bonds is 10. The lowest BCUT2D eigenvalue weighted by Crippen LogP contribution is -2.31. The lowest BCUT2D eigenvalue weighted by molar-refractivity contribution is -0.140. The summed E-state index contributed by atoms with van der Waals surface area (Å²) in [7, 11) is 0. The maximum absolute atomic E-state index is 11.3. The van der Waals surface area contributed by atoms with Crippen molar-refractivity contribution in [1.29, 1.82) is 0 Å². The van der Waals surface area contributed by atoms with Gasteiger partial charge >= 0.3 is 11.9 Å². The van der Waals surface area contributed by atoms with Crippen molar-refractivity contribution in [3.63, 3.8) is 0 Å². The molecule has 2 amide bonds. The van der Waals surface area contributed by atoms with Crippen LogP contribution in [0.3, 0.4) is 0 Å². The molecule has 0 saturated carbocycles. The third kappa shape index (κ3) is 11.2. The van der Waals surface area contributed by atoms with E-state index in [1.165, 1.54) is 0 Å². The predicted molar refractivity (Wildman–Crippen MR) is 86.8 cm³/mol. The summed E-state index contributed by atoms with van der Waals surface area (Å²) in [5.41, 5.74) is 0. The Hall–Kier alpha value is -2.38. The molecule has 8 heteroatoms. The Kier molecular flexibility index (Phi) is 10.9. The van der Waals surface area contributed by atoms with Crippen LogP contribution >= 0.6 is 0 Å². The molecule has 0 rings (SSSR count). The number of carbonyl (C=O) groups excluding carboxylic acids is 4. The van der Waals surface area contributed by atoms with Gasteiger partial charge < -0.3 is 20.1 Å². The van der Waals surface area contributed by atoms with Crippen molar-refractivity contribution in [3.8, 4) is 0 Å². The van der Waals surface area contributed by atoms with Gasteiger partial charge in [-0.2, -0.15) is 0 Å². The van der Waals surface area contributed by atoms with Crippen LogP contribution in [0.25, 0.3) is 0 Å². The van der Waals surface area contributed by atoms with Gasteiger partial charge in [-0.3, -0.25) is 9.59 Å². The molecule has 0 aliphatic rings. The summed E-state index contributed by atoms with van der Waals surface area (Å²) in [5, 5.41) is 5.17. The predicted octanol–water partition coefficient (Wildman–Crippen LogP) is 0.173. The molecule has 0 aliphatic heterocycles. The summed E-state index contributed by atoms with van der Waals surface area (Å²) in [6, 6.07) is 0. The van der Waals surface area contributed by atoms with Crippen molar-refractivity contribution >= 4 is 23.8 Å². The first kappa shape index (κ1) is 21.6. The largest absolute Gasteiger partial charge is 0.461 e. The summed E-state index contributed by atoms with van der Waals surface area (Å²) < 4.78 is 9.60. The van der Waals surface area contributed by atoms with Crippen molar-refractivity contribution < 1.29 is 28.7 Å². The molecule has 0 unspecified atom stereocenters. The van der Waals surface area contributed by atoms with Crippen molar-refractivity contribution in [3.05, 3.63) is 12.2 Å². The highest BCUT2D eigenvalue weighted by atomic mass is 16.5. The fraction of sp³-hybridized carbons (Fsp3) is 0.625. The van der Waals surface area contributed by atoms with Crippen LogP contribution in [-0.2, 0) is 28.7 Å². The highest BCUT2D eigenvalue weighted by Gasteiger charge is 2.07. The van der Waals surface area contributed by atoms with Gasteiger partial charge in [-0.25, -0.2) is 9.59 Å². The smallest absolute Gasteiger partial charge is 0.331 e. The van der Waals surface area contributed by atoms with Gasteiger partial charge in [-0.1, -0.05) is 27.7 Å². The standard InChI is InChI=1S/C16H26N2O6/c1-11(2)15(21)17-7-9-23-13(19)5-6-14(20)24-10-8-18-16(22)12(3)4/h5-6,11-12H,7-10H2,1-4H3,(H,17,21)(H,18,22)/b6-5+. The first-order chi connectivity index (χ1) is 11.2. The average Bonchev–Trinajstić information content (AvgIpc) is 2.52. The molecular weight excluding hydrogens is 316 g/mol. The molecule has 0 fully saturated rings. The highest BCUT2D eigenvalue weighted by Crippen LogP contribution is 1.91.